The molecule has 0 aromatic heterocycles. The number of rotatable bonds is 4. The summed E-state index contributed by atoms with van der Waals surface area (Å²) in [6.45, 7) is 0. The van der Waals surface area contributed by atoms with Crippen LogP contribution in [0, 0.1) is 0 Å². The first-order valence-corrected chi connectivity index (χ1v) is 7.04. The molecule has 98 valence electrons. The molecule has 0 radical (unpaired) electrons. The van der Waals surface area contributed by atoms with E-state index in [1.165, 1.54) is 19.2 Å². The van der Waals surface area contributed by atoms with Gasteiger partial charge < -0.3 is 10.1 Å². The molecule has 0 aliphatic carbocycles. The van der Waals surface area contributed by atoms with Crippen LogP contribution in [0.1, 0.15) is 10.4 Å². The number of carbonyl (C=O) groups is 2. The van der Waals surface area contributed by atoms with Crippen LogP contribution in [0.2, 0.25) is 0 Å². The van der Waals surface area contributed by atoms with Crippen LogP contribution in [0.15, 0.2) is 24.3 Å². The topological polar surface area (TPSA) is 89.5 Å². The van der Waals surface area contributed by atoms with Crippen molar-refractivity contribution in [1.29, 1.82) is 0 Å². The molecule has 0 saturated carbocycles. The highest BCUT2D eigenvalue weighted by atomic mass is 32.2. The van der Waals surface area contributed by atoms with Crippen LogP contribution in [0.5, 0.6) is 0 Å². The van der Waals surface area contributed by atoms with Gasteiger partial charge in [0.1, 0.15) is 5.75 Å². The molecule has 0 unspecified atom stereocenters. The van der Waals surface area contributed by atoms with Gasteiger partial charge in [-0.1, -0.05) is 12.1 Å². The maximum Gasteiger partial charge on any atom is 0.339 e. The third-order valence-corrected chi connectivity index (χ3v) is 2.79. The summed E-state index contributed by atoms with van der Waals surface area (Å²) in [4.78, 5) is 22.9. The molecule has 1 rings (SSSR count). The molecule has 0 atom stereocenters. The maximum atomic E-state index is 11.4. The predicted molar refractivity (Wildman–Crippen MR) is 66.1 cm³/mol. The molecule has 1 N–H and O–H groups in total. The van der Waals surface area contributed by atoms with Gasteiger partial charge in [0.2, 0.25) is 5.91 Å². The van der Waals surface area contributed by atoms with Crippen molar-refractivity contribution < 1.29 is 22.7 Å². The van der Waals surface area contributed by atoms with Crippen molar-refractivity contribution in [3.8, 4) is 0 Å². The smallest absolute Gasteiger partial charge is 0.339 e. The van der Waals surface area contributed by atoms with Gasteiger partial charge in [-0.2, -0.15) is 0 Å². The van der Waals surface area contributed by atoms with E-state index in [4.69, 9.17) is 0 Å². The standard InChI is InChI=1S/C11H13NO5S/c1-17-11(14)8-5-3-4-6-9(8)12-10(13)7-18(2,15)16/h3-6H,7H2,1-2H3,(H,12,13). The molecular weight excluding hydrogens is 258 g/mol. The molecular formula is C11H13NO5S. The van der Waals surface area contributed by atoms with Crippen molar-refractivity contribution in [2.24, 2.45) is 0 Å². The summed E-state index contributed by atoms with van der Waals surface area (Å²) in [6, 6.07) is 6.19. The number of hydrogen-bond donors (Lipinski definition) is 1. The molecule has 1 aromatic carbocycles. The molecule has 0 spiro atoms. The predicted octanol–water partition coefficient (Wildman–Crippen LogP) is 0.456. The van der Waals surface area contributed by atoms with Crippen LogP contribution < -0.4 is 5.32 Å². The number of hydrogen-bond acceptors (Lipinski definition) is 5. The molecule has 1 aromatic rings. The van der Waals surface area contributed by atoms with Crippen LogP contribution >= 0.6 is 0 Å². The summed E-state index contributed by atoms with van der Waals surface area (Å²) in [7, 11) is -2.19. The molecule has 0 heterocycles. The number of benzene rings is 1. The second-order valence-electron chi connectivity index (χ2n) is 3.66. The van der Waals surface area contributed by atoms with Gasteiger partial charge in [0.25, 0.3) is 0 Å². The lowest BCUT2D eigenvalue weighted by atomic mass is 10.2. The van der Waals surface area contributed by atoms with Crippen LogP contribution in [-0.4, -0.2) is 39.4 Å². The number of ether oxygens (including phenoxy) is 1. The third kappa shape index (κ3) is 4.17. The highest BCUT2D eigenvalue weighted by molar-refractivity contribution is 7.91. The fraction of sp³-hybridized carbons (Fsp3) is 0.273. The summed E-state index contributed by atoms with van der Waals surface area (Å²) >= 11 is 0. The molecule has 0 aliphatic heterocycles. The maximum absolute atomic E-state index is 11.4. The number of esters is 1. The Hall–Kier alpha value is -1.89. The summed E-state index contributed by atoms with van der Waals surface area (Å²) in [5.74, 6) is -1.94. The van der Waals surface area contributed by atoms with E-state index in [0.29, 0.717) is 0 Å². The zero-order valence-corrected chi connectivity index (χ0v) is 10.8. The highest BCUT2D eigenvalue weighted by Gasteiger charge is 2.15. The second-order valence-corrected chi connectivity index (χ2v) is 5.80. The molecule has 18 heavy (non-hydrogen) atoms. The lowest BCUT2D eigenvalue weighted by Gasteiger charge is -2.08. The number of sulfone groups is 1. The van der Waals surface area contributed by atoms with Crippen molar-refractivity contribution in [1.82, 2.24) is 0 Å². The van der Waals surface area contributed by atoms with Crippen LogP contribution in [0.4, 0.5) is 5.69 Å². The van der Waals surface area contributed by atoms with Crippen molar-refractivity contribution in [2.75, 3.05) is 24.4 Å². The van der Waals surface area contributed by atoms with E-state index in [1.54, 1.807) is 12.1 Å². The Balaban J connectivity index is 2.91. The first kappa shape index (κ1) is 14.2. The Morgan fingerprint density at radius 1 is 1.28 bits per heavy atom. The van der Waals surface area contributed by atoms with Crippen LogP contribution in [0.3, 0.4) is 0 Å². The normalized spacial score (nSPS) is 10.8. The number of amides is 1. The molecule has 0 bridgehead atoms. The van der Waals surface area contributed by atoms with E-state index in [1.807, 2.05) is 0 Å². The summed E-state index contributed by atoms with van der Waals surface area (Å²) < 4.78 is 26.5. The Morgan fingerprint density at radius 3 is 2.44 bits per heavy atom. The van der Waals surface area contributed by atoms with Crippen molar-refractivity contribution in [2.45, 2.75) is 0 Å². The summed E-state index contributed by atoms with van der Waals surface area (Å²) in [5.41, 5.74) is 0.389. The fourth-order valence-electron chi connectivity index (χ4n) is 1.30. The minimum absolute atomic E-state index is 0.168. The van der Waals surface area contributed by atoms with E-state index < -0.39 is 27.5 Å². The van der Waals surface area contributed by atoms with E-state index in [9.17, 15) is 18.0 Å². The minimum Gasteiger partial charge on any atom is -0.465 e. The van der Waals surface area contributed by atoms with E-state index in [-0.39, 0.29) is 11.3 Å². The second kappa shape index (κ2) is 5.63. The Bertz CT molecular complexity index is 565. The molecule has 6 nitrogen and oxygen atoms in total. The van der Waals surface area contributed by atoms with Gasteiger partial charge in [-0.05, 0) is 12.1 Å². The molecule has 0 saturated heterocycles. The monoisotopic (exact) mass is 271 g/mol. The van der Waals surface area contributed by atoms with Gasteiger partial charge in [0.05, 0.1) is 18.4 Å². The lowest BCUT2D eigenvalue weighted by Crippen LogP contribution is -2.23. The fourth-order valence-corrected chi connectivity index (χ4v) is 1.85. The average molecular weight is 271 g/mol. The van der Waals surface area contributed by atoms with Crippen LogP contribution in [-0.2, 0) is 19.4 Å². The lowest BCUT2D eigenvalue weighted by molar-refractivity contribution is -0.113. The zero-order chi connectivity index (χ0) is 13.8. The summed E-state index contributed by atoms with van der Waals surface area (Å²) in [6.07, 6.45) is 0.957. The number of anilines is 1. The summed E-state index contributed by atoms with van der Waals surface area (Å²) in [5, 5.41) is 2.36. The SMILES string of the molecule is COC(=O)c1ccccc1NC(=O)CS(C)(=O)=O. The third-order valence-electron chi connectivity index (χ3n) is 2.00. The Kier molecular flexibility index (Phi) is 4.43. The average Bonchev–Trinajstić information content (AvgIpc) is 2.26. The van der Waals surface area contributed by atoms with Gasteiger partial charge in [0, 0.05) is 6.26 Å². The van der Waals surface area contributed by atoms with Gasteiger partial charge >= 0.3 is 5.97 Å². The van der Waals surface area contributed by atoms with E-state index in [0.717, 1.165) is 6.26 Å². The van der Waals surface area contributed by atoms with Gasteiger partial charge in [0.15, 0.2) is 9.84 Å². The van der Waals surface area contributed by atoms with E-state index in [2.05, 4.69) is 10.1 Å². The van der Waals surface area contributed by atoms with Crippen molar-refractivity contribution >= 4 is 27.4 Å². The number of carbonyl (C=O) groups excluding carboxylic acids is 2. The first-order valence-electron chi connectivity index (χ1n) is 4.98. The number of methoxy groups -OCH3 is 1. The van der Waals surface area contributed by atoms with E-state index >= 15 is 0 Å². The quantitative estimate of drug-likeness (QED) is 0.803. The Labute approximate surface area is 105 Å². The van der Waals surface area contributed by atoms with Crippen LogP contribution in [0.25, 0.3) is 0 Å². The number of nitrogens with one attached hydrogen (secondary N) is 1. The van der Waals surface area contributed by atoms with Gasteiger partial charge in [-0.25, -0.2) is 13.2 Å². The largest absolute Gasteiger partial charge is 0.465 e. The first-order chi connectivity index (χ1) is 8.33. The van der Waals surface area contributed by atoms with Crippen molar-refractivity contribution in [3.63, 3.8) is 0 Å². The molecule has 0 aliphatic rings. The molecule has 1 amide bonds. The minimum atomic E-state index is -3.41. The van der Waals surface area contributed by atoms with Crippen molar-refractivity contribution in [3.05, 3.63) is 29.8 Å². The number of para-hydroxylation sites is 1. The van der Waals surface area contributed by atoms with Gasteiger partial charge in [-0.15, -0.1) is 0 Å². The molecule has 7 heteroatoms. The zero-order valence-electron chi connectivity index (χ0n) is 9.97. The molecule has 0 fully saturated rings. The van der Waals surface area contributed by atoms with Gasteiger partial charge in [-0.3, -0.25) is 4.79 Å². The Morgan fingerprint density at radius 2 is 1.89 bits per heavy atom. The highest BCUT2D eigenvalue weighted by Crippen LogP contribution is 2.15.